The van der Waals surface area contributed by atoms with Gasteiger partial charge < -0.3 is 19.4 Å². The van der Waals surface area contributed by atoms with Gasteiger partial charge in [0, 0.05) is 18.0 Å². The first-order valence-corrected chi connectivity index (χ1v) is 9.68. The zero-order valence-corrected chi connectivity index (χ0v) is 18.0. The van der Waals surface area contributed by atoms with Crippen LogP contribution in [0.5, 0.6) is 0 Å². The maximum Gasteiger partial charge on any atom is 0.318 e. The Bertz CT molecular complexity index is 462. The van der Waals surface area contributed by atoms with Crippen molar-refractivity contribution in [3.63, 3.8) is 0 Å². The number of ether oxygens (including phenoxy) is 3. The van der Waals surface area contributed by atoms with Crippen LogP contribution in [0.1, 0.15) is 54.4 Å². The van der Waals surface area contributed by atoms with Gasteiger partial charge in [0.05, 0.1) is 12.7 Å². The summed E-state index contributed by atoms with van der Waals surface area (Å²) in [5, 5.41) is 11.7. The van der Waals surface area contributed by atoms with Gasteiger partial charge in [-0.05, 0) is 47.5 Å². The molecule has 0 aliphatic carbocycles. The SMILES string of the molecule is CC(=O)OC(COC(=O)C(C)I)COC1CC(C)(C)N(O)C(C)(C)C1. The van der Waals surface area contributed by atoms with Gasteiger partial charge in [-0.1, -0.05) is 22.6 Å². The summed E-state index contributed by atoms with van der Waals surface area (Å²) in [5.74, 6) is -0.799. The molecule has 0 amide bonds. The van der Waals surface area contributed by atoms with Gasteiger partial charge in [-0.2, -0.15) is 5.06 Å². The maximum absolute atomic E-state index is 11.6. The highest BCUT2D eigenvalue weighted by Crippen LogP contribution is 2.37. The molecule has 8 heteroatoms. The molecule has 2 atom stereocenters. The number of hydrogen-bond acceptors (Lipinski definition) is 7. The maximum atomic E-state index is 11.6. The van der Waals surface area contributed by atoms with E-state index in [1.807, 2.05) is 50.3 Å². The summed E-state index contributed by atoms with van der Waals surface area (Å²) in [4.78, 5) is 22.9. The van der Waals surface area contributed by atoms with Crippen LogP contribution in [0.2, 0.25) is 0 Å². The molecule has 1 rings (SSSR count). The van der Waals surface area contributed by atoms with E-state index < -0.39 is 23.2 Å². The van der Waals surface area contributed by atoms with E-state index >= 15 is 0 Å². The number of hydrogen-bond donors (Lipinski definition) is 1. The smallest absolute Gasteiger partial charge is 0.318 e. The van der Waals surface area contributed by atoms with Crippen molar-refractivity contribution in [3.8, 4) is 0 Å². The fourth-order valence-corrected chi connectivity index (χ4v) is 3.36. The average Bonchev–Trinajstić information content (AvgIpc) is 2.46. The second-order valence-corrected chi connectivity index (χ2v) is 9.65. The molecule has 0 aromatic carbocycles. The van der Waals surface area contributed by atoms with Crippen molar-refractivity contribution in [2.24, 2.45) is 0 Å². The zero-order valence-electron chi connectivity index (χ0n) is 15.9. The van der Waals surface area contributed by atoms with E-state index in [9.17, 15) is 14.8 Å². The van der Waals surface area contributed by atoms with E-state index in [1.165, 1.54) is 12.0 Å². The van der Waals surface area contributed by atoms with Crippen LogP contribution >= 0.6 is 22.6 Å². The largest absolute Gasteiger partial charge is 0.461 e. The van der Waals surface area contributed by atoms with Crippen molar-refractivity contribution in [1.82, 2.24) is 5.06 Å². The van der Waals surface area contributed by atoms with Crippen molar-refractivity contribution < 1.29 is 29.0 Å². The third-order valence-corrected chi connectivity index (χ3v) is 4.70. The van der Waals surface area contributed by atoms with Crippen LogP contribution in [-0.2, 0) is 23.8 Å². The molecule has 25 heavy (non-hydrogen) atoms. The lowest BCUT2D eigenvalue weighted by Crippen LogP contribution is -2.60. The molecule has 1 aliphatic heterocycles. The molecule has 146 valence electrons. The number of alkyl halides is 1. The zero-order chi connectivity index (χ0) is 19.4. The van der Waals surface area contributed by atoms with E-state index in [-0.39, 0.29) is 29.2 Å². The Labute approximate surface area is 163 Å². The molecule has 1 heterocycles. The lowest BCUT2D eigenvalue weighted by molar-refractivity contribution is -0.262. The predicted octanol–water partition coefficient (Wildman–Crippen LogP) is 2.71. The van der Waals surface area contributed by atoms with Crippen molar-refractivity contribution in [1.29, 1.82) is 0 Å². The second kappa shape index (κ2) is 8.96. The lowest BCUT2D eigenvalue weighted by Gasteiger charge is -2.51. The molecule has 1 saturated heterocycles. The summed E-state index contributed by atoms with van der Waals surface area (Å²) in [6.07, 6.45) is 0.551. The Morgan fingerprint density at radius 1 is 1.20 bits per heavy atom. The summed E-state index contributed by atoms with van der Waals surface area (Å²) in [5.41, 5.74) is -0.848. The van der Waals surface area contributed by atoms with Gasteiger partial charge in [0.1, 0.15) is 10.5 Å². The van der Waals surface area contributed by atoms with E-state index in [1.54, 1.807) is 6.92 Å². The molecule has 1 N–H and O–H groups in total. The minimum Gasteiger partial charge on any atom is -0.461 e. The lowest BCUT2D eigenvalue weighted by atomic mass is 9.80. The normalized spacial score (nSPS) is 22.9. The Balaban J connectivity index is 2.63. The predicted molar refractivity (Wildman–Crippen MR) is 101 cm³/mol. The van der Waals surface area contributed by atoms with Gasteiger partial charge in [0.2, 0.25) is 0 Å². The molecule has 0 radical (unpaired) electrons. The number of halogens is 1. The highest BCUT2D eigenvalue weighted by atomic mass is 127. The number of carbonyl (C=O) groups excluding carboxylic acids is 2. The Morgan fingerprint density at radius 3 is 2.16 bits per heavy atom. The van der Waals surface area contributed by atoms with E-state index in [0.717, 1.165) is 0 Å². The van der Waals surface area contributed by atoms with Crippen molar-refractivity contribution >= 4 is 34.5 Å². The van der Waals surface area contributed by atoms with Gasteiger partial charge in [0.15, 0.2) is 6.10 Å². The van der Waals surface area contributed by atoms with Crippen LogP contribution in [0.3, 0.4) is 0 Å². The molecular formula is C17H30INO6. The van der Waals surface area contributed by atoms with Crippen LogP contribution in [0.25, 0.3) is 0 Å². The van der Waals surface area contributed by atoms with Gasteiger partial charge in [-0.3, -0.25) is 9.59 Å². The third kappa shape index (κ3) is 6.99. The quantitative estimate of drug-likeness (QED) is 0.347. The number of carbonyl (C=O) groups is 2. The van der Waals surface area contributed by atoms with Crippen molar-refractivity contribution in [2.45, 2.75) is 81.6 Å². The first-order valence-electron chi connectivity index (χ1n) is 8.44. The van der Waals surface area contributed by atoms with Gasteiger partial charge >= 0.3 is 11.9 Å². The fourth-order valence-electron chi connectivity index (χ4n) is 3.18. The molecule has 1 aliphatic rings. The van der Waals surface area contributed by atoms with E-state index in [0.29, 0.717) is 12.8 Å². The second-order valence-electron chi connectivity index (χ2n) is 7.78. The van der Waals surface area contributed by atoms with Gasteiger partial charge in [0.25, 0.3) is 0 Å². The third-order valence-electron chi connectivity index (χ3n) is 4.19. The number of piperidine rings is 1. The molecule has 2 unspecified atom stereocenters. The number of rotatable bonds is 7. The number of esters is 2. The van der Waals surface area contributed by atoms with Crippen LogP contribution < -0.4 is 0 Å². The molecule has 0 aromatic heterocycles. The van der Waals surface area contributed by atoms with Gasteiger partial charge in [-0.15, -0.1) is 0 Å². The van der Waals surface area contributed by atoms with Crippen molar-refractivity contribution in [2.75, 3.05) is 13.2 Å². The number of hydroxylamine groups is 2. The van der Waals surface area contributed by atoms with Crippen LogP contribution in [-0.4, -0.2) is 62.6 Å². The van der Waals surface area contributed by atoms with E-state index in [4.69, 9.17) is 14.2 Å². The van der Waals surface area contributed by atoms with E-state index in [2.05, 4.69) is 0 Å². The summed E-state index contributed by atoms with van der Waals surface area (Å²) in [6.45, 7) is 11.0. The molecule has 7 nitrogen and oxygen atoms in total. The fraction of sp³-hybridized carbons (Fsp3) is 0.882. The average molecular weight is 471 g/mol. The topological polar surface area (TPSA) is 85.3 Å². The van der Waals surface area contributed by atoms with Gasteiger partial charge in [-0.25, -0.2) is 0 Å². The number of nitrogens with zero attached hydrogens (tertiary/aromatic N) is 1. The first kappa shape index (κ1) is 22.6. The summed E-state index contributed by atoms with van der Waals surface area (Å²) in [7, 11) is 0. The molecule has 0 spiro atoms. The van der Waals surface area contributed by atoms with Crippen LogP contribution in [0.4, 0.5) is 0 Å². The molecule has 0 aromatic rings. The Hall–Kier alpha value is -0.450. The molecular weight excluding hydrogens is 441 g/mol. The van der Waals surface area contributed by atoms with Crippen LogP contribution in [0.15, 0.2) is 0 Å². The standard InChI is InChI=1S/C17H30INO6/c1-11(18)15(21)24-10-14(25-12(2)20)9-23-13-7-16(3,4)19(22)17(5,6)8-13/h11,13-14,22H,7-10H2,1-6H3. The summed E-state index contributed by atoms with van der Waals surface area (Å²) < 4.78 is 16.0. The Morgan fingerprint density at radius 2 is 1.72 bits per heavy atom. The summed E-state index contributed by atoms with van der Waals surface area (Å²) in [6, 6.07) is 0. The highest BCUT2D eigenvalue weighted by Gasteiger charge is 2.45. The summed E-state index contributed by atoms with van der Waals surface area (Å²) >= 11 is 1.96. The van der Waals surface area contributed by atoms with Crippen molar-refractivity contribution in [3.05, 3.63) is 0 Å². The molecule has 1 fully saturated rings. The first-order chi connectivity index (χ1) is 11.3. The monoisotopic (exact) mass is 471 g/mol. The Kier molecular flexibility index (Phi) is 8.10. The van der Waals surface area contributed by atoms with Crippen LogP contribution in [0, 0.1) is 0 Å². The highest BCUT2D eigenvalue weighted by molar-refractivity contribution is 14.1. The minimum atomic E-state index is -0.644. The molecule has 0 bridgehead atoms. The minimum absolute atomic E-state index is 0.0304. The molecule has 0 saturated carbocycles.